The third-order valence-electron chi connectivity index (χ3n) is 2.09. The van der Waals surface area contributed by atoms with Crippen LogP contribution in [0, 0.1) is 0 Å². The fourth-order valence-electron chi connectivity index (χ4n) is 1.19. The number of hydrogen-bond donors (Lipinski definition) is 2. The van der Waals surface area contributed by atoms with E-state index in [1.54, 1.807) is 4.72 Å². The van der Waals surface area contributed by atoms with Crippen LogP contribution in [0.15, 0.2) is 16.3 Å². The molecule has 0 saturated heterocycles. The summed E-state index contributed by atoms with van der Waals surface area (Å²) in [5.41, 5.74) is 0. The predicted molar refractivity (Wildman–Crippen MR) is 62.9 cm³/mol. The number of thiophene rings is 1. The Morgan fingerprint density at radius 2 is 2.15 bits per heavy atom. The highest BCUT2D eigenvalue weighted by atomic mass is 32.2. The molecule has 0 amide bonds. The van der Waals surface area contributed by atoms with Gasteiger partial charge < -0.3 is 9.84 Å². The number of carboxylic acids is 1. The highest BCUT2D eigenvalue weighted by molar-refractivity contribution is 7.89. The van der Waals surface area contributed by atoms with E-state index in [1.165, 1.54) is 0 Å². The monoisotopic (exact) mass is 333 g/mol. The van der Waals surface area contributed by atoms with Gasteiger partial charge in [0.2, 0.25) is 10.0 Å². The summed E-state index contributed by atoms with van der Waals surface area (Å²) in [4.78, 5) is 9.05. The lowest BCUT2D eigenvalue weighted by Crippen LogP contribution is -2.43. The number of sulfonamides is 1. The van der Waals surface area contributed by atoms with Crippen molar-refractivity contribution in [3.63, 3.8) is 0 Å². The van der Waals surface area contributed by atoms with Gasteiger partial charge in [-0.1, -0.05) is 0 Å². The van der Waals surface area contributed by atoms with Crippen molar-refractivity contribution in [3.05, 3.63) is 16.3 Å². The van der Waals surface area contributed by atoms with E-state index in [1.807, 2.05) is 0 Å². The number of aliphatic carboxylic acids is 1. The Morgan fingerprint density at radius 3 is 2.55 bits per heavy atom. The first-order chi connectivity index (χ1) is 9.08. The quantitative estimate of drug-likeness (QED) is 0.814. The Balaban J connectivity index is 2.99. The topological polar surface area (TPSA) is 92.7 Å². The average Bonchev–Trinajstić information content (AvgIpc) is 2.77. The van der Waals surface area contributed by atoms with E-state index in [9.17, 15) is 26.4 Å². The average molecular weight is 333 g/mol. The lowest BCUT2D eigenvalue weighted by atomic mass is 10.3. The molecule has 1 aromatic heterocycles. The van der Waals surface area contributed by atoms with Crippen molar-refractivity contribution < 1.29 is 36.2 Å². The van der Waals surface area contributed by atoms with Crippen molar-refractivity contribution in [1.82, 2.24) is 4.72 Å². The van der Waals surface area contributed by atoms with Crippen LogP contribution in [-0.2, 0) is 25.7 Å². The van der Waals surface area contributed by atoms with Crippen LogP contribution in [0.2, 0.25) is 0 Å². The van der Waals surface area contributed by atoms with Gasteiger partial charge in [0.25, 0.3) is 0 Å². The molecule has 1 atom stereocenters. The normalized spacial score (nSPS) is 14.2. The molecule has 1 aromatic rings. The van der Waals surface area contributed by atoms with Crippen LogP contribution < -0.4 is 4.72 Å². The summed E-state index contributed by atoms with van der Waals surface area (Å²) >= 11 is 0.209. The fourth-order valence-corrected chi connectivity index (χ4v) is 3.50. The maximum atomic E-state index is 12.4. The molecular formula is C9H10F3NO5S2. The molecule has 0 spiro atoms. The van der Waals surface area contributed by atoms with Gasteiger partial charge in [-0.2, -0.15) is 17.9 Å². The molecule has 1 rings (SSSR count). The van der Waals surface area contributed by atoms with Gasteiger partial charge in [-0.3, -0.25) is 4.79 Å². The summed E-state index contributed by atoms with van der Waals surface area (Å²) in [6.45, 7) is -0.454. The third-order valence-corrected chi connectivity index (χ3v) is 4.67. The zero-order chi connectivity index (χ0) is 15.6. The Morgan fingerprint density at radius 1 is 1.55 bits per heavy atom. The van der Waals surface area contributed by atoms with Crippen LogP contribution in [0.3, 0.4) is 0 Å². The largest absolute Gasteiger partial charge is 0.480 e. The van der Waals surface area contributed by atoms with Crippen molar-refractivity contribution in [3.8, 4) is 0 Å². The number of carbonyl (C=O) groups is 1. The molecule has 0 saturated carbocycles. The summed E-state index contributed by atoms with van der Waals surface area (Å²) in [7, 11) is -3.20. The zero-order valence-corrected chi connectivity index (χ0v) is 11.6. The number of halogens is 3. The highest BCUT2D eigenvalue weighted by Gasteiger charge is 2.34. The van der Waals surface area contributed by atoms with Crippen molar-refractivity contribution >= 4 is 27.3 Å². The van der Waals surface area contributed by atoms with E-state index in [4.69, 9.17) is 5.11 Å². The first kappa shape index (κ1) is 16.9. The second kappa shape index (κ2) is 6.08. The summed E-state index contributed by atoms with van der Waals surface area (Å²) in [6.07, 6.45) is -4.66. The van der Waals surface area contributed by atoms with Gasteiger partial charge in [0, 0.05) is 12.5 Å². The van der Waals surface area contributed by atoms with Crippen LogP contribution in [0.5, 0.6) is 0 Å². The van der Waals surface area contributed by atoms with Gasteiger partial charge in [0.1, 0.15) is 10.9 Å². The molecular weight excluding hydrogens is 323 g/mol. The van der Waals surface area contributed by atoms with E-state index in [-0.39, 0.29) is 11.3 Å². The molecule has 114 valence electrons. The molecule has 6 nitrogen and oxygen atoms in total. The molecule has 20 heavy (non-hydrogen) atoms. The minimum atomic E-state index is -4.66. The van der Waals surface area contributed by atoms with Crippen LogP contribution in [0.4, 0.5) is 13.2 Å². The van der Waals surface area contributed by atoms with E-state index in [0.29, 0.717) is 6.07 Å². The third kappa shape index (κ3) is 4.16. The Labute approximate surface area is 116 Å². The summed E-state index contributed by atoms with van der Waals surface area (Å²) in [5.74, 6) is -1.50. The Hall–Kier alpha value is -1.17. The Bertz CT molecular complexity index is 581. The Kier molecular flexibility index (Phi) is 5.13. The van der Waals surface area contributed by atoms with Crippen LogP contribution in [-0.4, -0.2) is 39.3 Å². The SMILES string of the molecule is COCC(NS(=O)(=O)c1csc(C(F)(F)F)c1)C(=O)O. The maximum Gasteiger partial charge on any atom is 0.425 e. The van der Waals surface area contributed by atoms with Crippen molar-refractivity contribution in [2.45, 2.75) is 17.1 Å². The van der Waals surface area contributed by atoms with Crippen LogP contribution >= 0.6 is 11.3 Å². The number of ether oxygens (including phenoxy) is 1. The van der Waals surface area contributed by atoms with Crippen LogP contribution in [0.1, 0.15) is 4.88 Å². The predicted octanol–water partition coefficient (Wildman–Crippen LogP) is 1.14. The fraction of sp³-hybridized carbons (Fsp3) is 0.444. The summed E-state index contributed by atoms with van der Waals surface area (Å²) in [6, 6.07) is -1.14. The number of nitrogens with one attached hydrogen (secondary N) is 1. The molecule has 1 unspecified atom stereocenters. The highest BCUT2D eigenvalue weighted by Crippen LogP contribution is 2.35. The second-order valence-corrected chi connectivity index (χ2v) is 6.24. The van der Waals surface area contributed by atoms with Crippen molar-refractivity contribution in [1.29, 1.82) is 0 Å². The van der Waals surface area contributed by atoms with E-state index < -0.39 is 44.6 Å². The first-order valence-corrected chi connectivity index (χ1v) is 7.34. The molecule has 0 aromatic carbocycles. The second-order valence-electron chi connectivity index (χ2n) is 3.61. The molecule has 0 fully saturated rings. The summed E-state index contributed by atoms with van der Waals surface area (Å²) < 4.78 is 67.0. The van der Waals surface area contributed by atoms with E-state index in [2.05, 4.69) is 4.74 Å². The smallest absolute Gasteiger partial charge is 0.425 e. The number of alkyl halides is 3. The number of rotatable bonds is 6. The molecule has 0 aliphatic rings. The lowest BCUT2D eigenvalue weighted by molar-refractivity contribution is -0.140. The molecule has 1 heterocycles. The van der Waals surface area contributed by atoms with E-state index in [0.717, 1.165) is 12.5 Å². The van der Waals surface area contributed by atoms with Gasteiger partial charge in [-0.05, 0) is 6.07 Å². The van der Waals surface area contributed by atoms with Gasteiger partial charge in [0.15, 0.2) is 0 Å². The molecule has 11 heteroatoms. The summed E-state index contributed by atoms with van der Waals surface area (Å²) in [5, 5.41) is 9.55. The molecule has 2 N–H and O–H groups in total. The maximum absolute atomic E-state index is 12.4. The minimum absolute atomic E-state index is 0.209. The number of methoxy groups -OCH3 is 1. The standard InChI is InChI=1S/C9H10F3NO5S2/c1-18-3-6(8(14)15)13-20(16,17)5-2-7(19-4-5)9(10,11)12/h2,4,6,13H,3H2,1H3,(H,14,15). The molecule has 0 radical (unpaired) electrons. The van der Waals surface area contributed by atoms with Crippen molar-refractivity contribution in [2.75, 3.05) is 13.7 Å². The van der Waals surface area contributed by atoms with E-state index >= 15 is 0 Å². The van der Waals surface area contributed by atoms with Crippen LogP contribution in [0.25, 0.3) is 0 Å². The van der Waals surface area contributed by atoms with Gasteiger partial charge in [-0.25, -0.2) is 8.42 Å². The molecule has 0 bridgehead atoms. The van der Waals surface area contributed by atoms with Crippen molar-refractivity contribution in [2.24, 2.45) is 0 Å². The molecule has 0 aliphatic carbocycles. The minimum Gasteiger partial charge on any atom is -0.480 e. The zero-order valence-electron chi connectivity index (χ0n) is 9.97. The lowest BCUT2D eigenvalue weighted by Gasteiger charge is -2.12. The first-order valence-electron chi connectivity index (χ1n) is 4.97. The number of carboxylic acid groups (broad SMARTS) is 1. The number of hydrogen-bond acceptors (Lipinski definition) is 5. The van der Waals surface area contributed by atoms with Gasteiger partial charge in [0.05, 0.1) is 11.5 Å². The molecule has 0 aliphatic heterocycles. The van der Waals surface area contributed by atoms with Gasteiger partial charge >= 0.3 is 12.1 Å². The van der Waals surface area contributed by atoms with Gasteiger partial charge in [-0.15, -0.1) is 11.3 Å².